The molecule has 8 heteroatoms. The Labute approximate surface area is 229 Å². The fraction of sp³-hybridized carbons (Fsp3) is 0.0968. The van der Waals surface area contributed by atoms with E-state index >= 15 is 0 Å². The first-order valence-electron chi connectivity index (χ1n) is 12.2. The largest absolute Gasteiger partial charge is 0.489 e. The Hall–Kier alpha value is -4.75. The van der Waals surface area contributed by atoms with Crippen molar-refractivity contribution < 1.29 is 23.8 Å². The van der Waals surface area contributed by atoms with Gasteiger partial charge in [0.25, 0.3) is 5.91 Å². The number of nitrogens with two attached hydrogens (primary N) is 1. The molecule has 0 saturated carbocycles. The van der Waals surface area contributed by atoms with Crippen molar-refractivity contribution in [1.82, 2.24) is 5.32 Å². The number of hydrogen-bond acceptors (Lipinski definition) is 5. The summed E-state index contributed by atoms with van der Waals surface area (Å²) in [5.41, 5.74) is 10.4. The van der Waals surface area contributed by atoms with E-state index in [9.17, 15) is 14.7 Å². The van der Waals surface area contributed by atoms with Crippen LogP contribution in [-0.4, -0.2) is 23.0 Å². The fourth-order valence-electron chi connectivity index (χ4n) is 4.23. The van der Waals surface area contributed by atoms with E-state index in [0.29, 0.717) is 28.3 Å². The lowest BCUT2D eigenvalue weighted by Gasteiger charge is -2.14. The van der Waals surface area contributed by atoms with E-state index in [1.807, 2.05) is 54.6 Å². The maximum absolute atomic E-state index is 13.0. The summed E-state index contributed by atoms with van der Waals surface area (Å²) in [6, 6.07) is 28.4. The molecule has 5 rings (SSSR count). The summed E-state index contributed by atoms with van der Waals surface area (Å²) >= 11 is 5.99. The Balaban J connectivity index is 1.27. The van der Waals surface area contributed by atoms with Gasteiger partial charge in [0.15, 0.2) is 0 Å². The second-order valence-electron chi connectivity index (χ2n) is 9.05. The number of rotatable bonds is 9. The highest BCUT2D eigenvalue weighted by atomic mass is 35.5. The molecule has 0 aliphatic rings. The monoisotopic (exact) mass is 540 g/mol. The van der Waals surface area contributed by atoms with Crippen LogP contribution in [0.1, 0.15) is 21.7 Å². The summed E-state index contributed by atoms with van der Waals surface area (Å²) in [5.74, 6) is -1.35. The number of nitrogens with one attached hydrogen (secondary N) is 1. The van der Waals surface area contributed by atoms with Gasteiger partial charge in [-0.05, 0) is 58.7 Å². The van der Waals surface area contributed by atoms with Gasteiger partial charge in [-0.3, -0.25) is 4.79 Å². The fourth-order valence-corrected chi connectivity index (χ4v) is 4.36. The van der Waals surface area contributed by atoms with Crippen molar-refractivity contribution in [2.24, 2.45) is 0 Å². The molecule has 1 aromatic heterocycles. The number of halogens is 1. The van der Waals surface area contributed by atoms with Crippen molar-refractivity contribution in [2.45, 2.75) is 19.1 Å². The lowest BCUT2D eigenvalue weighted by Crippen LogP contribution is -2.42. The zero-order valence-electron chi connectivity index (χ0n) is 20.8. The molecule has 0 aliphatic carbocycles. The molecule has 0 aliphatic heterocycles. The third kappa shape index (κ3) is 6.05. The molecule has 1 unspecified atom stereocenters. The molecule has 0 saturated heterocycles. The number of carbonyl (C=O) groups is 2. The highest BCUT2D eigenvalue weighted by molar-refractivity contribution is 6.30. The molecule has 0 radical (unpaired) electrons. The van der Waals surface area contributed by atoms with Crippen molar-refractivity contribution >= 4 is 40.1 Å². The summed E-state index contributed by atoms with van der Waals surface area (Å²) in [4.78, 5) is 25.0. The van der Waals surface area contributed by atoms with Crippen molar-refractivity contribution in [1.29, 1.82) is 0 Å². The maximum Gasteiger partial charge on any atom is 0.326 e. The third-order valence-corrected chi connectivity index (χ3v) is 6.58. The van der Waals surface area contributed by atoms with Crippen LogP contribution in [-0.2, 0) is 17.8 Å². The number of furan rings is 1. The van der Waals surface area contributed by atoms with Crippen LogP contribution >= 0.6 is 11.6 Å². The Kier molecular flexibility index (Phi) is 7.52. The number of carboxylic acids is 1. The highest BCUT2D eigenvalue weighted by Gasteiger charge is 2.25. The van der Waals surface area contributed by atoms with Crippen LogP contribution in [0.2, 0.25) is 5.02 Å². The minimum atomic E-state index is -1.19. The summed E-state index contributed by atoms with van der Waals surface area (Å²) < 4.78 is 11.5. The third-order valence-electron chi connectivity index (χ3n) is 6.33. The van der Waals surface area contributed by atoms with Gasteiger partial charge in [-0.2, -0.15) is 0 Å². The molecular weight excluding hydrogens is 516 g/mol. The maximum atomic E-state index is 13.0. The summed E-state index contributed by atoms with van der Waals surface area (Å²) in [6.07, 6.45) is 0.0703. The predicted octanol–water partition coefficient (Wildman–Crippen LogP) is 6.34. The van der Waals surface area contributed by atoms with Gasteiger partial charge >= 0.3 is 5.97 Å². The van der Waals surface area contributed by atoms with Crippen LogP contribution in [0.15, 0.2) is 101 Å². The molecule has 39 heavy (non-hydrogen) atoms. The Morgan fingerprint density at radius 3 is 2.28 bits per heavy atom. The number of amides is 1. The molecule has 5 aromatic rings. The number of ether oxygens (including phenoxy) is 1. The zero-order chi connectivity index (χ0) is 27.4. The minimum Gasteiger partial charge on any atom is -0.489 e. The minimum absolute atomic E-state index is 0.0703. The van der Waals surface area contributed by atoms with E-state index < -0.39 is 17.9 Å². The van der Waals surface area contributed by atoms with Crippen LogP contribution < -0.4 is 15.8 Å². The second-order valence-corrected chi connectivity index (χ2v) is 9.49. The number of benzene rings is 4. The summed E-state index contributed by atoms with van der Waals surface area (Å²) in [5, 5.41) is 13.5. The normalized spacial score (nSPS) is 11.7. The predicted molar refractivity (Wildman–Crippen MR) is 151 cm³/mol. The topological polar surface area (TPSA) is 115 Å². The first-order valence-corrected chi connectivity index (χ1v) is 12.6. The average molecular weight is 541 g/mol. The Morgan fingerprint density at radius 2 is 1.59 bits per heavy atom. The van der Waals surface area contributed by atoms with E-state index in [1.54, 1.807) is 42.5 Å². The molecule has 196 valence electrons. The molecule has 0 bridgehead atoms. The van der Waals surface area contributed by atoms with Crippen LogP contribution in [0.4, 0.5) is 5.69 Å². The molecule has 1 atom stereocenters. The number of fused-ring (bicyclic) bond motifs is 1. The van der Waals surface area contributed by atoms with Crippen molar-refractivity contribution in [3.8, 4) is 16.9 Å². The van der Waals surface area contributed by atoms with E-state index in [0.717, 1.165) is 22.3 Å². The zero-order valence-corrected chi connectivity index (χ0v) is 21.5. The smallest absolute Gasteiger partial charge is 0.326 e. The molecule has 7 nitrogen and oxygen atoms in total. The first kappa shape index (κ1) is 25.9. The number of carboxylic acid groups (broad SMARTS) is 1. The van der Waals surface area contributed by atoms with Gasteiger partial charge in [0, 0.05) is 16.8 Å². The lowest BCUT2D eigenvalue weighted by atomic mass is 10.0. The first-order chi connectivity index (χ1) is 18.9. The van der Waals surface area contributed by atoms with E-state index in [-0.39, 0.29) is 17.9 Å². The average Bonchev–Trinajstić information content (AvgIpc) is 3.29. The van der Waals surface area contributed by atoms with Crippen molar-refractivity contribution in [3.63, 3.8) is 0 Å². The van der Waals surface area contributed by atoms with Gasteiger partial charge in [0.05, 0.1) is 5.69 Å². The van der Waals surface area contributed by atoms with Gasteiger partial charge in [-0.25, -0.2) is 4.79 Å². The lowest BCUT2D eigenvalue weighted by molar-refractivity contribution is -0.139. The Morgan fingerprint density at radius 1 is 0.897 bits per heavy atom. The van der Waals surface area contributed by atoms with Crippen molar-refractivity contribution in [2.75, 3.05) is 5.73 Å². The van der Waals surface area contributed by atoms with Crippen LogP contribution in [0.25, 0.3) is 22.1 Å². The number of nitrogen functional groups attached to an aromatic ring is 1. The summed E-state index contributed by atoms with van der Waals surface area (Å²) in [6.45, 7) is 0.425. The number of anilines is 1. The number of carbonyl (C=O) groups excluding carboxylic acids is 1. The Bertz CT molecular complexity index is 1610. The molecule has 4 N–H and O–H groups in total. The van der Waals surface area contributed by atoms with E-state index in [2.05, 4.69) is 5.32 Å². The van der Waals surface area contributed by atoms with Gasteiger partial charge in [0.1, 0.15) is 24.0 Å². The molecule has 4 aromatic carbocycles. The molecule has 1 heterocycles. The quantitative estimate of drug-likeness (QED) is 0.201. The van der Waals surface area contributed by atoms with Crippen molar-refractivity contribution in [3.05, 3.63) is 119 Å². The van der Waals surface area contributed by atoms with Gasteiger partial charge in [-0.15, -0.1) is 0 Å². The van der Waals surface area contributed by atoms with E-state index in [1.165, 1.54) is 0 Å². The van der Waals surface area contributed by atoms with Gasteiger partial charge in [0.2, 0.25) is 5.76 Å². The standard InChI is InChI=1S/C31H25ClN2O5/c32-23-11-8-21(9-12-23)22-10-15-27-25(17-22)28(33)29(39-27)30(35)34-26(31(36)37)16-19-6-13-24(14-7-19)38-18-20-4-2-1-3-5-20/h1-15,17,26H,16,18,33H2,(H,34,35)(H,36,37). The molecule has 0 fully saturated rings. The molecule has 1 amide bonds. The highest BCUT2D eigenvalue weighted by Crippen LogP contribution is 2.33. The molecule has 0 spiro atoms. The second kappa shape index (κ2) is 11.3. The number of hydrogen-bond donors (Lipinski definition) is 3. The molecular formula is C31H25ClN2O5. The van der Waals surface area contributed by atoms with Crippen LogP contribution in [0.3, 0.4) is 0 Å². The van der Waals surface area contributed by atoms with Gasteiger partial charge < -0.3 is 25.3 Å². The van der Waals surface area contributed by atoms with E-state index in [4.69, 9.17) is 26.5 Å². The summed E-state index contributed by atoms with van der Waals surface area (Å²) in [7, 11) is 0. The number of aliphatic carboxylic acids is 1. The van der Waals surface area contributed by atoms with Crippen LogP contribution in [0.5, 0.6) is 5.75 Å². The van der Waals surface area contributed by atoms with Crippen LogP contribution in [0, 0.1) is 0 Å². The SMILES string of the molecule is Nc1c(C(=O)NC(Cc2ccc(OCc3ccccc3)cc2)C(=O)O)oc2ccc(-c3ccc(Cl)cc3)cc12. The van der Waals surface area contributed by atoms with Gasteiger partial charge in [-0.1, -0.05) is 72.3 Å².